The van der Waals surface area contributed by atoms with Crippen LogP contribution in [-0.2, 0) is 4.79 Å². The van der Waals surface area contributed by atoms with E-state index < -0.39 is 5.97 Å². The molecule has 0 aromatic rings. The molecule has 76 valence electrons. The fourth-order valence-electron chi connectivity index (χ4n) is 0.777. The van der Waals surface area contributed by atoms with Gasteiger partial charge in [-0.1, -0.05) is 6.58 Å². The van der Waals surface area contributed by atoms with Crippen molar-refractivity contribution in [3.05, 3.63) is 12.2 Å². The third kappa shape index (κ3) is 7.49. The van der Waals surface area contributed by atoms with Crippen molar-refractivity contribution in [3.8, 4) is 0 Å². The molecule has 0 amide bonds. The van der Waals surface area contributed by atoms with Gasteiger partial charge in [-0.3, -0.25) is 0 Å². The fourth-order valence-corrected chi connectivity index (χ4v) is 0.777. The topological polar surface area (TPSA) is 52.6 Å². The number of nitrogens with one attached hydrogen (secondary N) is 1. The lowest BCUT2D eigenvalue weighted by Gasteiger charge is -2.21. The second kappa shape index (κ2) is 6.62. The zero-order chi connectivity index (χ0) is 10.3. The second-order valence-corrected chi connectivity index (χ2v) is 3.14. The molecule has 1 rings (SSSR count). The highest BCUT2D eigenvalue weighted by Gasteiger charge is 2.01. The Labute approximate surface area is 79.2 Å². The molecule has 4 nitrogen and oxygen atoms in total. The Kier molecular flexibility index (Phi) is 6.18. The van der Waals surface area contributed by atoms with Crippen LogP contribution < -0.4 is 5.32 Å². The van der Waals surface area contributed by atoms with Gasteiger partial charge in [-0.05, 0) is 14.0 Å². The summed E-state index contributed by atoms with van der Waals surface area (Å²) in [5.74, 6) is -0.935. The Morgan fingerprint density at radius 3 is 2.00 bits per heavy atom. The van der Waals surface area contributed by atoms with Crippen molar-refractivity contribution in [1.82, 2.24) is 10.2 Å². The Morgan fingerprint density at radius 2 is 1.85 bits per heavy atom. The molecule has 1 heterocycles. The molecule has 0 aromatic heterocycles. The van der Waals surface area contributed by atoms with Gasteiger partial charge in [0.05, 0.1) is 0 Å². The molecule has 1 fully saturated rings. The summed E-state index contributed by atoms with van der Waals surface area (Å²) in [5.41, 5.74) is 0.176. The van der Waals surface area contributed by atoms with E-state index in [9.17, 15) is 4.79 Å². The first-order chi connectivity index (χ1) is 6.04. The smallest absolute Gasteiger partial charge is 0.330 e. The highest BCUT2D eigenvalue weighted by atomic mass is 16.4. The third-order valence-electron chi connectivity index (χ3n) is 1.71. The average molecular weight is 186 g/mol. The molecule has 0 spiro atoms. The van der Waals surface area contributed by atoms with E-state index in [1.807, 2.05) is 0 Å². The zero-order valence-electron chi connectivity index (χ0n) is 8.34. The maximum atomic E-state index is 9.60. The number of likely N-dealkylation sites (N-methyl/N-ethyl adjacent to an activating group) is 1. The number of carboxylic acids is 1. The number of aliphatic carboxylic acids is 1. The molecule has 0 aliphatic carbocycles. The molecule has 0 saturated carbocycles. The Hall–Kier alpha value is -0.870. The lowest BCUT2D eigenvalue weighted by atomic mass is 10.4. The van der Waals surface area contributed by atoms with Crippen LogP contribution >= 0.6 is 0 Å². The van der Waals surface area contributed by atoms with Gasteiger partial charge in [-0.15, -0.1) is 0 Å². The van der Waals surface area contributed by atoms with Crippen LogP contribution in [0.2, 0.25) is 0 Å². The molecule has 0 aromatic carbocycles. The first-order valence-electron chi connectivity index (χ1n) is 4.32. The van der Waals surface area contributed by atoms with Gasteiger partial charge in [0.1, 0.15) is 0 Å². The lowest BCUT2D eigenvalue weighted by molar-refractivity contribution is -0.132. The minimum absolute atomic E-state index is 0.176. The minimum Gasteiger partial charge on any atom is -0.478 e. The summed E-state index contributed by atoms with van der Waals surface area (Å²) in [5, 5.41) is 11.2. The number of piperazine rings is 1. The van der Waals surface area contributed by atoms with E-state index in [0.717, 1.165) is 13.1 Å². The minimum atomic E-state index is -0.935. The molecular weight excluding hydrogens is 168 g/mol. The van der Waals surface area contributed by atoms with Gasteiger partial charge in [0.25, 0.3) is 0 Å². The number of nitrogens with zero attached hydrogens (tertiary/aromatic N) is 1. The normalized spacial score (nSPS) is 17.1. The Bertz CT molecular complexity index is 162. The predicted octanol–water partition coefficient (Wildman–Crippen LogP) is 0.169. The molecule has 4 heteroatoms. The predicted molar refractivity (Wildman–Crippen MR) is 52.8 cm³/mol. The highest BCUT2D eigenvalue weighted by Crippen LogP contribution is 1.83. The van der Waals surface area contributed by atoms with Gasteiger partial charge >= 0.3 is 5.97 Å². The molecule has 0 bridgehead atoms. The molecule has 1 aliphatic heterocycles. The van der Waals surface area contributed by atoms with Crippen molar-refractivity contribution in [2.45, 2.75) is 6.92 Å². The number of carbonyl (C=O) groups is 1. The van der Waals surface area contributed by atoms with Gasteiger partial charge in [-0.25, -0.2) is 4.79 Å². The van der Waals surface area contributed by atoms with Crippen molar-refractivity contribution in [1.29, 1.82) is 0 Å². The maximum absolute atomic E-state index is 9.60. The lowest BCUT2D eigenvalue weighted by Crippen LogP contribution is -2.40. The SMILES string of the molecule is C=C(C)C(=O)O.CN1CCNCC1. The van der Waals surface area contributed by atoms with Gasteiger partial charge in [0, 0.05) is 31.8 Å². The maximum Gasteiger partial charge on any atom is 0.330 e. The number of carboxylic acid groups (broad SMARTS) is 1. The van der Waals surface area contributed by atoms with E-state index in [0.29, 0.717) is 0 Å². The molecule has 0 atom stereocenters. The van der Waals surface area contributed by atoms with Crippen LogP contribution in [0.1, 0.15) is 6.92 Å². The van der Waals surface area contributed by atoms with E-state index in [4.69, 9.17) is 5.11 Å². The molecule has 0 radical (unpaired) electrons. The Morgan fingerprint density at radius 1 is 1.46 bits per heavy atom. The fraction of sp³-hybridized carbons (Fsp3) is 0.667. The van der Waals surface area contributed by atoms with Gasteiger partial charge in [0.15, 0.2) is 0 Å². The van der Waals surface area contributed by atoms with Crippen molar-refractivity contribution >= 4 is 5.97 Å². The molecule has 1 aliphatic rings. The summed E-state index contributed by atoms with van der Waals surface area (Å²) in [6, 6.07) is 0. The summed E-state index contributed by atoms with van der Waals surface area (Å²) >= 11 is 0. The van der Waals surface area contributed by atoms with Crippen LogP contribution in [0.5, 0.6) is 0 Å². The van der Waals surface area contributed by atoms with Crippen LogP contribution in [0.25, 0.3) is 0 Å². The van der Waals surface area contributed by atoms with Crippen LogP contribution in [0, 0.1) is 0 Å². The monoisotopic (exact) mass is 186 g/mol. The van der Waals surface area contributed by atoms with Crippen molar-refractivity contribution in [2.24, 2.45) is 0 Å². The summed E-state index contributed by atoms with van der Waals surface area (Å²) < 4.78 is 0. The highest BCUT2D eigenvalue weighted by molar-refractivity contribution is 5.84. The van der Waals surface area contributed by atoms with Crippen molar-refractivity contribution in [2.75, 3.05) is 33.2 Å². The number of hydrogen-bond donors (Lipinski definition) is 2. The molecule has 2 N–H and O–H groups in total. The molecular formula is C9H18N2O2. The van der Waals surface area contributed by atoms with Crippen LogP contribution in [0.4, 0.5) is 0 Å². The van der Waals surface area contributed by atoms with E-state index >= 15 is 0 Å². The standard InChI is InChI=1S/C5H12N2.C4H6O2/c1-7-4-2-6-3-5-7;1-3(2)4(5)6/h6H,2-5H2,1H3;1H2,2H3,(H,5,6). The first kappa shape index (κ1) is 12.1. The number of rotatable bonds is 1. The Balaban J connectivity index is 0.000000226. The van der Waals surface area contributed by atoms with Gasteiger partial charge in [-0.2, -0.15) is 0 Å². The third-order valence-corrected chi connectivity index (χ3v) is 1.71. The molecule has 1 saturated heterocycles. The van der Waals surface area contributed by atoms with E-state index in [1.54, 1.807) is 0 Å². The summed E-state index contributed by atoms with van der Waals surface area (Å²) in [6.45, 7) is 9.34. The van der Waals surface area contributed by atoms with Crippen molar-refractivity contribution in [3.63, 3.8) is 0 Å². The second-order valence-electron chi connectivity index (χ2n) is 3.14. The van der Waals surface area contributed by atoms with E-state index in [-0.39, 0.29) is 5.57 Å². The van der Waals surface area contributed by atoms with Crippen molar-refractivity contribution < 1.29 is 9.90 Å². The molecule has 13 heavy (non-hydrogen) atoms. The summed E-state index contributed by atoms with van der Waals surface area (Å²) in [6.07, 6.45) is 0. The largest absolute Gasteiger partial charge is 0.478 e. The first-order valence-corrected chi connectivity index (χ1v) is 4.32. The zero-order valence-corrected chi connectivity index (χ0v) is 8.34. The molecule has 0 unspecified atom stereocenters. The number of hydrogen-bond acceptors (Lipinski definition) is 3. The summed E-state index contributed by atoms with van der Waals surface area (Å²) in [7, 11) is 2.15. The average Bonchev–Trinajstić information content (AvgIpc) is 2.06. The van der Waals surface area contributed by atoms with Crippen LogP contribution in [0.15, 0.2) is 12.2 Å². The van der Waals surface area contributed by atoms with Crippen LogP contribution in [0.3, 0.4) is 0 Å². The van der Waals surface area contributed by atoms with Gasteiger partial charge in [0.2, 0.25) is 0 Å². The van der Waals surface area contributed by atoms with E-state index in [1.165, 1.54) is 20.0 Å². The van der Waals surface area contributed by atoms with Gasteiger partial charge < -0.3 is 15.3 Å². The summed E-state index contributed by atoms with van der Waals surface area (Å²) in [4.78, 5) is 11.9. The van der Waals surface area contributed by atoms with Crippen LogP contribution in [-0.4, -0.2) is 49.2 Å². The van der Waals surface area contributed by atoms with E-state index in [2.05, 4.69) is 23.8 Å². The quantitative estimate of drug-likeness (QED) is 0.573.